The van der Waals surface area contributed by atoms with Crippen molar-refractivity contribution in [1.29, 1.82) is 0 Å². The fourth-order valence-corrected chi connectivity index (χ4v) is 2.52. The summed E-state index contributed by atoms with van der Waals surface area (Å²) in [4.78, 5) is 13.7. The summed E-state index contributed by atoms with van der Waals surface area (Å²) in [5.41, 5.74) is 8.93. The van der Waals surface area contributed by atoms with Crippen LogP contribution in [0, 0.1) is 11.3 Å². The minimum absolute atomic E-state index is 0.0228. The highest BCUT2D eigenvalue weighted by atomic mass is 16.4. The Hall–Kier alpha value is -1.55. The molecule has 1 fully saturated rings. The van der Waals surface area contributed by atoms with E-state index in [1.165, 1.54) is 0 Å². The lowest BCUT2D eigenvalue weighted by Crippen LogP contribution is -2.15. The number of hydrogen-bond acceptors (Lipinski definition) is 3. The highest BCUT2D eigenvalue weighted by Crippen LogP contribution is 2.56. The molecule has 0 bridgehead atoms. The molecule has 1 saturated carbocycles. The quantitative estimate of drug-likeness (QED) is 0.833. The minimum Gasteiger partial charge on any atom is -0.408 e. The monoisotopic (exact) mass is 232 g/mol. The summed E-state index contributed by atoms with van der Waals surface area (Å²) in [7, 11) is 0. The largest absolute Gasteiger partial charge is 0.417 e. The van der Waals surface area contributed by atoms with Crippen LogP contribution in [0.2, 0.25) is 0 Å². The van der Waals surface area contributed by atoms with Crippen LogP contribution in [-0.2, 0) is 0 Å². The van der Waals surface area contributed by atoms with Crippen LogP contribution in [0.5, 0.6) is 0 Å². The molecule has 1 aliphatic rings. The van der Waals surface area contributed by atoms with Crippen LogP contribution in [-0.4, -0.2) is 4.98 Å². The lowest BCUT2D eigenvalue weighted by Gasteiger charge is -2.13. The molecular weight excluding hydrogens is 216 g/mol. The predicted octanol–water partition coefficient (Wildman–Crippen LogP) is 2.17. The van der Waals surface area contributed by atoms with Crippen molar-refractivity contribution in [3.8, 4) is 0 Å². The highest BCUT2D eigenvalue weighted by Gasteiger charge is 2.49. The lowest BCUT2D eigenvalue weighted by atomic mass is 9.98. The third-order valence-electron chi connectivity index (χ3n) is 3.85. The summed E-state index contributed by atoms with van der Waals surface area (Å²) in [6.07, 6.45) is 1.16. The molecule has 2 aromatic rings. The molecule has 17 heavy (non-hydrogen) atoms. The summed E-state index contributed by atoms with van der Waals surface area (Å²) >= 11 is 0. The molecule has 2 unspecified atom stereocenters. The minimum atomic E-state index is -0.419. The fourth-order valence-electron chi connectivity index (χ4n) is 2.52. The second-order valence-corrected chi connectivity index (χ2v) is 5.60. The van der Waals surface area contributed by atoms with Gasteiger partial charge in [-0.15, -0.1) is 0 Å². The highest BCUT2D eigenvalue weighted by molar-refractivity contribution is 5.72. The topological polar surface area (TPSA) is 72.0 Å². The first kappa shape index (κ1) is 10.6. The maximum atomic E-state index is 11.1. The zero-order valence-electron chi connectivity index (χ0n) is 9.99. The van der Waals surface area contributed by atoms with Crippen molar-refractivity contribution in [1.82, 2.24) is 4.98 Å². The normalized spacial score (nSPS) is 23.8. The Bertz CT molecular complexity index is 624. The van der Waals surface area contributed by atoms with Crippen molar-refractivity contribution in [2.45, 2.75) is 26.3 Å². The van der Waals surface area contributed by atoms with Gasteiger partial charge < -0.3 is 10.2 Å². The summed E-state index contributed by atoms with van der Waals surface area (Å²) in [5.74, 6) is 0.100. The third-order valence-corrected chi connectivity index (χ3v) is 3.85. The van der Waals surface area contributed by atoms with Crippen molar-refractivity contribution in [2.24, 2.45) is 17.1 Å². The molecule has 1 heterocycles. The van der Waals surface area contributed by atoms with Gasteiger partial charge in [0.15, 0.2) is 5.58 Å². The molecule has 1 aromatic heterocycles. The molecule has 0 radical (unpaired) electrons. The first-order valence-electron chi connectivity index (χ1n) is 5.86. The van der Waals surface area contributed by atoms with E-state index < -0.39 is 5.76 Å². The summed E-state index contributed by atoms with van der Waals surface area (Å²) in [5, 5.41) is 0. The molecule has 3 N–H and O–H groups in total. The van der Waals surface area contributed by atoms with Crippen LogP contribution < -0.4 is 11.5 Å². The molecule has 1 aromatic carbocycles. The number of rotatable bonds is 2. The van der Waals surface area contributed by atoms with E-state index in [1.54, 1.807) is 0 Å². The average Bonchev–Trinajstić information content (AvgIpc) is 2.73. The zero-order chi connectivity index (χ0) is 12.2. The molecular formula is C13H16N2O2. The first-order chi connectivity index (χ1) is 7.97. The van der Waals surface area contributed by atoms with Crippen LogP contribution in [0.15, 0.2) is 27.4 Å². The van der Waals surface area contributed by atoms with Crippen molar-refractivity contribution < 1.29 is 4.42 Å². The third kappa shape index (κ3) is 1.69. The second kappa shape index (κ2) is 3.23. The smallest absolute Gasteiger partial charge is 0.408 e. The Morgan fingerprint density at radius 2 is 2.24 bits per heavy atom. The maximum Gasteiger partial charge on any atom is 0.417 e. The molecule has 90 valence electrons. The SMILES string of the molecule is CC1(C)CC1C(N)c1ccc2[nH]c(=O)oc2c1. The van der Waals surface area contributed by atoms with Crippen LogP contribution in [0.4, 0.5) is 0 Å². The number of nitrogens with two attached hydrogens (primary N) is 1. The molecule has 4 nitrogen and oxygen atoms in total. The number of aromatic amines is 1. The predicted molar refractivity (Wildman–Crippen MR) is 65.7 cm³/mol. The van der Waals surface area contributed by atoms with Crippen molar-refractivity contribution in [3.63, 3.8) is 0 Å². The van der Waals surface area contributed by atoms with Gasteiger partial charge in [0, 0.05) is 6.04 Å². The van der Waals surface area contributed by atoms with E-state index in [0.29, 0.717) is 16.9 Å². The van der Waals surface area contributed by atoms with Gasteiger partial charge in [0.25, 0.3) is 0 Å². The van der Waals surface area contributed by atoms with Gasteiger partial charge in [-0.25, -0.2) is 4.79 Å². The number of nitrogens with one attached hydrogen (secondary N) is 1. The van der Waals surface area contributed by atoms with Gasteiger partial charge in [-0.1, -0.05) is 19.9 Å². The Balaban J connectivity index is 1.98. The molecule has 0 spiro atoms. The van der Waals surface area contributed by atoms with Gasteiger partial charge in [0.2, 0.25) is 0 Å². The Kier molecular flexibility index (Phi) is 2.01. The van der Waals surface area contributed by atoms with Crippen LogP contribution in [0.1, 0.15) is 31.9 Å². The van der Waals surface area contributed by atoms with E-state index >= 15 is 0 Å². The number of oxazole rings is 1. The molecule has 0 saturated heterocycles. The number of hydrogen-bond donors (Lipinski definition) is 2. The number of H-pyrrole nitrogens is 1. The van der Waals surface area contributed by atoms with E-state index in [4.69, 9.17) is 10.2 Å². The molecule has 0 amide bonds. The van der Waals surface area contributed by atoms with Crippen LogP contribution in [0.25, 0.3) is 11.1 Å². The summed E-state index contributed by atoms with van der Waals surface area (Å²) in [6, 6.07) is 5.71. The standard InChI is InChI=1S/C13H16N2O2/c1-13(2)6-8(13)11(14)7-3-4-9-10(5-7)17-12(16)15-9/h3-5,8,11H,6,14H2,1-2H3,(H,15,16). The van der Waals surface area contributed by atoms with Gasteiger partial charge in [0.1, 0.15) is 0 Å². The van der Waals surface area contributed by atoms with E-state index in [1.807, 2.05) is 18.2 Å². The van der Waals surface area contributed by atoms with Gasteiger partial charge in [0.05, 0.1) is 5.52 Å². The molecule has 1 aliphatic carbocycles. The van der Waals surface area contributed by atoms with Gasteiger partial charge in [-0.05, 0) is 35.4 Å². The number of fused-ring (bicyclic) bond motifs is 1. The van der Waals surface area contributed by atoms with E-state index in [2.05, 4.69) is 18.8 Å². The molecule has 4 heteroatoms. The van der Waals surface area contributed by atoms with Gasteiger partial charge in [-0.3, -0.25) is 4.98 Å². The van der Waals surface area contributed by atoms with Gasteiger partial charge >= 0.3 is 5.76 Å². The van der Waals surface area contributed by atoms with Crippen LogP contribution >= 0.6 is 0 Å². The molecule has 2 atom stereocenters. The van der Waals surface area contributed by atoms with Crippen LogP contribution in [0.3, 0.4) is 0 Å². The summed E-state index contributed by atoms with van der Waals surface area (Å²) in [6.45, 7) is 4.46. The van der Waals surface area contributed by atoms with E-state index in [0.717, 1.165) is 17.5 Å². The Morgan fingerprint density at radius 3 is 2.88 bits per heavy atom. The lowest BCUT2D eigenvalue weighted by molar-refractivity contribution is 0.490. The van der Waals surface area contributed by atoms with Crippen molar-refractivity contribution in [2.75, 3.05) is 0 Å². The second-order valence-electron chi connectivity index (χ2n) is 5.60. The van der Waals surface area contributed by atoms with E-state index in [9.17, 15) is 4.79 Å². The number of benzene rings is 1. The average molecular weight is 232 g/mol. The molecule has 0 aliphatic heterocycles. The van der Waals surface area contributed by atoms with Gasteiger partial charge in [-0.2, -0.15) is 0 Å². The molecule has 3 rings (SSSR count). The van der Waals surface area contributed by atoms with Crippen molar-refractivity contribution >= 4 is 11.1 Å². The zero-order valence-corrected chi connectivity index (χ0v) is 9.99. The summed E-state index contributed by atoms with van der Waals surface area (Å²) < 4.78 is 5.04. The fraction of sp³-hybridized carbons (Fsp3) is 0.462. The number of aromatic nitrogens is 1. The van der Waals surface area contributed by atoms with E-state index in [-0.39, 0.29) is 6.04 Å². The Labute approximate surface area is 98.8 Å². The Morgan fingerprint density at radius 1 is 1.53 bits per heavy atom. The first-order valence-corrected chi connectivity index (χ1v) is 5.86. The maximum absolute atomic E-state index is 11.1. The van der Waals surface area contributed by atoms with Crippen molar-refractivity contribution in [3.05, 3.63) is 34.3 Å².